The van der Waals surface area contributed by atoms with E-state index in [9.17, 15) is 14.4 Å². The van der Waals surface area contributed by atoms with E-state index in [0.717, 1.165) is 0 Å². The van der Waals surface area contributed by atoms with Crippen LogP contribution in [0.15, 0.2) is 46.4 Å². The zero-order chi connectivity index (χ0) is 15.0. The highest BCUT2D eigenvalue weighted by Crippen LogP contribution is 2.28. The molecule has 104 valence electrons. The summed E-state index contributed by atoms with van der Waals surface area (Å²) in [6, 6.07) is 9.55. The van der Waals surface area contributed by atoms with E-state index in [2.05, 4.69) is 4.74 Å². The summed E-state index contributed by atoms with van der Waals surface area (Å²) in [6.07, 6.45) is 1.34. The summed E-state index contributed by atoms with van der Waals surface area (Å²) in [5.74, 6) is -1.04. The molecule has 0 amide bonds. The van der Waals surface area contributed by atoms with Gasteiger partial charge in [0.25, 0.3) is 0 Å². The summed E-state index contributed by atoms with van der Waals surface area (Å²) in [6.45, 7) is 0. The lowest BCUT2D eigenvalue weighted by Crippen LogP contribution is -2.00. The van der Waals surface area contributed by atoms with E-state index < -0.39 is 5.97 Å². The van der Waals surface area contributed by atoms with Crippen LogP contribution in [0.1, 0.15) is 37.0 Å². The van der Waals surface area contributed by atoms with E-state index in [4.69, 9.17) is 4.42 Å². The van der Waals surface area contributed by atoms with Crippen LogP contribution in [0.25, 0.3) is 6.08 Å². The number of furan rings is 1. The van der Waals surface area contributed by atoms with Crippen molar-refractivity contribution in [1.82, 2.24) is 0 Å². The molecular formula is C16H10O5. The topological polar surface area (TPSA) is 73.6 Å². The van der Waals surface area contributed by atoms with Crippen LogP contribution >= 0.6 is 0 Å². The highest BCUT2D eigenvalue weighted by atomic mass is 16.5. The SMILES string of the molecule is COC(=O)c1ccc(C=C2C(=O)c3ccccc3C2=O)o1. The Hall–Kier alpha value is -2.95. The molecule has 0 saturated carbocycles. The van der Waals surface area contributed by atoms with E-state index >= 15 is 0 Å². The maximum atomic E-state index is 12.2. The summed E-state index contributed by atoms with van der Waals surface area (Å²) in [4.78, 5) is 35.7. The summed E-state index contributed by atoms with van der Waals surface area (Å²) >= 11 is 0. The monoisotopic (exact) mass is 282 g/mol. The molecule has 0 aliphatic heterocycles. The summed E-state index contributed by atoms with van der Waals surface area (Å²) in [7, 11) is 1.24. The van der Waals surface area contributed by atoms with Gasteiger partial charge in [0.2, 0.25) is 5.76 Å². The number of rotatable bonds is 2. The molecule has 5 nitrogen and oxygen atoms in total. The van der Waals surface area contributed by atoms with Gasteiger partial charge in [-0.2, -0.15) is 0 Å². The summed E-state index contributed by atoms with van der Waals surface area (Å²) in [5, 5.41) is 0. The number of ketones is 2. The van der Waals surface area contributed by atoms with Gasteiger partial charge in [0.1, 0.15) is 5.76 Å². The molecule has 1 aromatic heterocycles. The van der Waals surface area contributed by atoms with Crippen molar-refractivity contribution in [3.63, 3.8) is 0 Å². The second kappa shape index (κ2) is 4.86. The van der Waals surface area contributed by atoms with Crippen LogP contribution in [0.2, 0.25) is 0 Å². The fraction of sp³-hybridized carbons (Fsp3) is 0.0625. The number of hydrogen-bond acceptors (Lipinski definition) is 5. The molecule has 2 aromatic rings. The Morgan fingerprint density at radius 1 is 1.05 bits per heavy atom. The Kier molecular flexibility index (Phi) is 3.02. The molecule has 1 heterocycles. The molecule has 0 fully saturated rings. The van der Waals surface area contributed by atoms with Crippen molar-refractivity contribution in [2.45, 2.75) is 0 Å². The second-order valence-electron chi connectivity index (χ2n) is 4.46. The van der Waals surface area contributed by atoms with Crippen LogP contribution in [-0.4, -0.2) is 24.6 Å². The predicted octanol–water partition coefficient (Wildman–Crippen LogP) is 2.53. The number of fused-ring (bicyclic) bond motifs is 1. The molecule has 0 unspecified atom stereocenters. The van der Waals surface area contributed by atoms with Crippen LogP contribution in [0.5, 0.6) is 0 Å². The first-order chi connectivity index (χ1) is 10.1. The predicted molar refractivity (Wildman–Crippen MR) is 73.1 cm³/mol. The maximum Gasteiger partial charge on any atom is 0.373 e. The van der Waals surface area contributed by atoms with E-state index in [1.165, 1.54) is 25.3 Å². The highest BCUT2D eigenvalue weighted by Gasteiger charge is 2.32. The van der Waals surface area contributed by atoms with Crippen molar-refractivity contribution >= 4 is 23.6 Å². The van der Waals surface area contributed by atoms with Crippen LogP contribution in [-0.2, 0) is 4.74 Å². The lowest BCUT2D eigenvalue weighted by Gasteiger charge is -1.93. The zero-order valence-electron chi connectivity index (χ0n) is 11.1. The Morgan fingerprint density at radius 3 is 2.24 bits per heavy atom. The molecule has 5 heteroatoms. The van der Waals surface area contributed by atoms with Crippen molar-refractivity contribution in [2.24, 2.45) is 0 Å². The van der Waals surface area contributed by atoms with E-state index in [1.807, 2.05) is 0 Å². The third-order valence-corrected chi connectivity index (χ3v) is 3.21. The lowest BCUT2D eigenvalue weighted by atomic mass is 10.1. The number of hydrogen-bond donors (Lipinski definition) is 0. The molecule has 1 aliphatic rings. The molecule has 0 saturated heterocycles. The standard InChI is InChI=1S/C16H10O5/c1-20-16(19)13-7-6-9(21-13)8-12-14(17)10-4-2-3-5-11(10)15(12)18/h2-8H,1H3. The number of Topliss-reactive ketones (excluding diaryl/α,β-unsaturated/α-hetero) is 2. The highest BCUT2D eigenvalue weighted by molar-refractivity contribution is 6.41. The Balaban J connectivity index is 1.99. The number of methoxy groups -OCH3 is 1. The minimum atomic E-state index is -0.619. The molecule has 3 rings (SSSR count). The first-order valence-electron chi connectivity index (χ1n) is 6.20. The van der Waals surface area contributed by atoms with Gasteiger partial charge < -0.3 is 9.15 Å². The molecule has 0 radical (unpaired) electrons. The molecule has 0 atom stereocenters. The normalized spacial score (nSPS) is 13.3. The largest absolute Gasteiger partial charge is 0.463 e. The van der Waals surface area contributed by atoms with Gasteiger partial charge in [0, 0.05) is 11.1 Å². The van der Waals surface area contributed by atoms with Gasteiger partial charge in [-0.1, -0.05) is 24.3 Å². The van der Waals surface area contributed by atoms with Crippen LogP contribution in [0.4, 0.5) is 0 Å². The van der Waals surface area contributed by atoms with E-state index in [1.54, 1.807) is 24.3 Å². The van der Waals surface area contributed by atoms with Crippen molar-refractivity contribution < 1.29 is 23.5 Å². The van der Waals surface area contributed by atoms with Crippen molar-refractivity contribution in [1.29, 1.82) is 0 Å². The smallest absolute Gasteiger partial charge is 0.373 e. The first-order valence-corrected chi connectivity index (χ1v) is 6.20. The lowest BCUT2D eigenvalue weighted by molar-refractivity contribution is 0.0564. The molecule has 1 aromatic carbocycles. The Bertz CT molecular complexity index is 758. The molecule has 0 bridgehead atoms. The van der Waals surface area contributed by atoms with Crippen molar-refractivity contribution in [3.05, 3.63) is 64.6 Å². The summed E-state index contributed by atoms with van der Waals surface area (Å²) < 4.78 is 9.76. The van der Waals surface area contributed by atoms with Gasteiger partial charge in [-0.25, -0.2) is 4.79 Å². The molecule has 0 N–H and O–H groups in total. The molecule has 1 aliphatic carbocycles. The number of allylic oxidation sites excluding steroid dienone is 1. The average molecular weight is 282 g/mol. The fourth-order valence-electron chi connectivity index (χ4n) is 2.19. The van der Waals surface area contributed by atoms with Gasteiger partial charge in [-0.15, -0.1) is 0 Å². The minimum absolute atomic E-state index is 0.0137. The van der Waals surface area contributed by atoms with Crippen molar-refractivity contribution in [3.8, 4) is 0 Å². The van der Waals surface area contributed by atoms with Gasteiger partial charge in [0.15, 0.2) is 11.6 Å². The number of carbonyl (C=O) groups excluding carboxylic acids is 3. The van der Waals surface area contributed by atoms with Gasteiger partial charge in [0.05, 0.1) is 12.7 Å². The maximum absolute atomic E-state index is 12.2. The second-order valence-corrected chi connectivity index (χ2v) is 4.46. The number of esters is 1. The van der Waals surface area contributed by atoms with Crippen LogP contribution < -0.4 is 0 Å². The number of ether oxygens (including phenoxy) is 1. The molecular weight excluding hydrogens is 272 g/mol. The van der Waals surface area contributed by atoms with Gasteiger partial charge in [-0.05, 0) is 18.2 Å². The number of carbonyl (C=O) groups is 3. The zero-order valence-corrected chi connectivity index (χ0v) is 11.1. The fourth-order valence-corrected chi connectivity index (χ4v) is 2.19. The van der Waals surface area contributed by atoms with E-state index in [0.29, 0.717) is 11.1 Å². The molecule has 0 spiro atoms. The van der Waals surface area contributed by atoms with Gasteiger partial charge >= 0.3 is 5.97 Å². The Labute approximate surface area is 119 Å². The van der Waals surface area contributed by atoms with Crippen LogP contribution in [0, 0.1) is 0 Å². The van der Waals surface area contributed by atoms with Crippen molar-refractivity contribution in [2.75, 3.05) is 7.11 Å². The number of benzene rings is 1. The quantitative estimate of drug-likeness (QED) is 0.480. The van der Waals surface area contributed by atoms with E-state index in [-0.39, 0.29) is 28.7 Å². The van der Waals surface area contributed by atoms with Gasteiger partial charge in [-0.3, -0.25) is 9.59 Å². The third-order valence-electron chi connectivity index (χ3n) is 3.21. The summed E-state index contributed by atoms with van der Waals surface area (Å²) in [5.41, 5.74) is 0.795. The molecule has 21 heavy (non-hydrogen) atoms. The Morgan fingerprint density at radius 2 is 1.67 bits per heavy atom. The first kappa shape index (κ1) is 13.1. The van der Waals surface area contributed by atoms with Crippen LogP contribution in [0.3, 0.4) is 0 Å². The third kappa shape index (κ3) is 2.08. The minimum Gasteiger partial charge on any atom is -0.463 e. The average Bonchev–Trinajstić information content (AvgIpc) is 3.07.